The second kappa shape index (κ2) is 7.87. The van der Waals surface area contributed by atoms with E-state index >= 15 is 0 Å². The molecule has 0 bridgehead atoms. The van der Waals surface area contributed by atoms with Crippen LogP contribution in [-0.4, -0.2) is 41.8 Å². The summed E-state index contributed by atoms with van der Waals surface area (Å²) in [7, 11) is 1.78. The van der Waals surface area contributed by atoms with Crippen LogP contribution in [0.4, 0.5) is 0 Å². The number of rotatable bonds is 4. The average Bonchev–Trinajstić information content (AvgIpc) is 3.22. The van der Waals surface area contributed by atoms with E-state index in [0.717, 1.165) is 5.56 Å². The summed E-state index contributed by atoms with van der Waals surface area (Å²) in [6, 6.07) is 11.1. The van der Waals surface area contributed by atoms with Crippen LogP contribution in [0.2, 0.25) is 0 Å². The lowest BCUT2D eigenvalue weighted by Crippen LogP contribution is -2.43. The Morgan fingerprint density at radius 3 is 2.73 bits per heavy atom. The molecule has 1 aromatic carbocycles. The third kappa shape index (κ3) is 3.94. The van der Waals surface area contributed by atoms with Gasteiger partial charge in [0.25, 0.3) is 5.91 Å². The van der Waals surface area contributed by atoms with E-state index in [9.17, 15) is 9.59 Å². The molecule has 2 aromatic rings. The maximum absolute atomic E-state index is 12.7. The SMILES string of the molecule is CN(Cc1cccc(C#N)c1)C(=O)C1CCN(C(=O)c2ccoc2)CC1. The summed E-state index contributed by atoms with van der Waals surface area (Å²) in [6.45, 7) is 1.61. The second-order valence-electron chi connectivity index (χ2n) is 6.58. The molecule has 6 heteroatoms. The van der Waals surface area contributed by atoms with E-state index < -0.39 is 0 Å². The number of piperidine rings is 1. The molecule has 3 rings (SSSR count). The molecular formula is C20H21N3O3. The van der Waals surface area contributed by atoms with Gasteiger partial charge in [-0.25, -0.2) is 0 Å². The predicted octanol–water partition coefficient (Wildman–Crippen LogP) is 2.66. The number of benzene rings is 1. The van der Waals surface area contributed by atoms with Gasteiger partial charge in [0.1, 0.15) is 6.26 Å². The molecule has 0 saturated carbocycles. The van der Waals surface area contributed by atoms with Crippen molar-refractivity contribution in [2.24, 2.45) is 5.92 Å². The highest BCUT2D eigenvalue weighted by molar-refractivity contribution is 5.94. The largest absolute Gasteiger partial charge is 0.472 e. The van der Waals surface area contributed by atoms with E-state index in [4.69, 9.17) is 9.68 Å². The van der Waals surface area contributed by atoms with Gasteiger partial charge in [0.2, 0.25) is 5.91 Å². The lowest BCUT2D eigenvalue weighted by molar-refractivity contribution is -0.136. The van der Waals surface area contributed by atoms with Crippen LogP contribution < -0.4 is 0 Å². The summed E-state index contributed by atoms with van der Waals surface area (Å²) in [4.78, 5) is 28.5. The maximum Gasteiger partial charge on any atom is 0.257 e. The summed E-state index contributed by atoms with van der Waals surface area (Å²) in [5, 5.41) is 8.98. The summed E-state index contributed by atoms with van der Waals surface area (Å²) in [5.41, 5.74) is 2.08. The van der Waals surface area contributed by atoms with Crippen LogP contribution >= 0.6 is 0 Å². The molecule has 0 radical (unpaired) electrons. The molecule has 6 nitrogen and oxygen atoms in total. The van der Waals surface area contributed by atoms with Crippen molar-refractivity contribution in [1.29, 1.82) is 5.26 Å². The number of nitriles is 1. The third-order valence-electron chi connectivity index (χ3n) is 4.75. The lowest BCUT2D eigenvalue weighted by atomic mass is 9.95. The molecule has 1 aromatic heterocycles. The smallest absolute Gasteiger partial charge is 0.257 e. The van der Waals surface area contributed by atoms with Crippen LogP contribution in [0.3, 0.4) is 0 Å². The first-order valence-electron chi connectivity index (χ1n) is 8.64. The van der Waals surface area contributed by atoms with E-state index in [1.54, 1.807) is 35.0 Å². The molecule has 0 atom stereocenters. The van der Waals surface area contributed by atoms with Gasteiger partial charge in [0.05, 0.1) is 23.5 Å². The Morgan fingerprint density at radius 2 is 2.08 bits per heavy atom. The van der Waals surface area contributed by atoms with E-state index in [1.807, 2.05) is 12.1 Å². The van der Waals surface area contributed by atoms with Crippen LogP contribution in [0.1, 0.15) is 34.3 Å². The van der Waals surface area contributed by atoms with Crippen molar-refractivity contribution in [3.05, 3.63) is 59.5 Å². The molecule has 0 N–H and O–H groups in total. The van der Waals surface area contributed by atoms with Crippen LogP contribution in [0.5, 0.6) is 0 Å². The van der Waals surface area contributed by atoms with Gasteiger partial charge in [-0.3, -0.25) is 9.59 Å². The minimum Gasteiger partial charge on any atom is -0.472 e. The number of carbonyl (C=O) groups is 2. The number of likely N-dealkylation sites (tertiary alicyclic amines) is 1. The molecule has 2 amide bonds. The highest BCUT2D eigenvalue weighted by Crippen LogP contribution is 2.22. The zero-order valence-electron chi connectivity index (χ0n) is 14.7. The Morgan fingerprint density at radius 1 is 1.31 bits per heavy atom. The molecule has 26 heavy (non-hydrogen) atoms. The number of nitrogens with zero attached hydrogens (tertiary/aromatic N) is 3. The van der Waals surface area contributed by atoms with E-state index in [-0.39, 0.29) is 17.7 Å². The van der Waals surface area contributed by atoms with E-state index in [2.05, 4.69) is 6.07 Å². The lowest BCUT2D eigenvalue weighted by Gasteiger charge is -2.33. The Balaban J connectivity index is 1.54. The van der Waals surface area contributed by atoms with Gasteiger partial charge < -0.3 is 14.2 Å². The van der Waals surface area contributed by atoms with Crippen LogP contribution in [0, 0.1) is 17.2 Å². The molecule has 0 spiro atoms. The molecular weight excluding hydrogens is 330 g/mol. The number of amides is 2. The highest BCUT2D eigenvalue weighted by atomic mass is 16.3. The van der Waals surface area contributed by atoms with Crippen LogP contribution in [0.15, 0.2) is 47.3 Å². The van der Waals surface area contributed by atoms with Gasteiger partial charge in [-0.1, -0.05) is 12.1 Å². The quantitative estimate of drug-likeness (QED) is 0.848. The van der Waals surface area contributed by atoms with Gasteiger partial charge >= 0.3 is 0 Å². The zero-order valence-corrected chi connectivity index (χ0v) is 14.7. The molecule has 1 saturated heterocycles. The molecule has 134 valence electrons. The molecule has 1 fully saturated rings. The minimum absolute atomic E-state index is 0.0497. The number of hydrogen-bond donors (Lipinski definition) is 0. The van der Waals surface area contributed by atoms with Crippen molar-refractivity contribution in [2.45, 2.75) is 19.4 Å². The summed E-state index contributed by atoms with van der Waals surface area (Å²) < 4.78 is 4.96. The first kappa shape index (κ1) is 17.7. The van der Waals surface area contributed by atoms with Crippen LogP contribution in [0.25, 0.3) is 0 Å². The monoisotopic (exact) mass is 351 g/mol. The molecule has 0 aliphatic carbocycles. The Kier molecular flexibility index (Phi) is 5.37. The van der Waals surface area contributed by atoms with Gasteiger partial charge in [-0.15, -0.1) is 0 Å². The second-order valence-corrected chi connectivity index (χ2v) is 6.58. The third-order valence-corrected chi connectivity index (χ3v) is 4.75. The summed E-state index contributed by atoms with van der Waals surface area (Å²) in [5.74, 6) is -0.0401. The first-order chi connectivity index (χ1) is 12.6. The fourth-order valence-corrected chi connectivity index (χ4v) is 3.30. The van der Waals surface area contributed by atoms with Crippen molar-refractivity contribution >= 4 is 11.8 Å². The van der Waals surface area contributed by atoms with Crippen molar-refractivity contribution in [1.82, 2.24) is 9.80 Å². The van der Waals surface area contributed by atoms with Crippen LogP contribution in [-0.2, 0) is 11.3 Å². The zero-order chi connectivity index (χ0) is 18.5. The highest BCUT2D eigenvalue weighted by Gasteiger charge is 2.29. The Labute approximate surface area is 152 Å². The molecule has 0 unspecified atom stereocenters. The van der Waals surface area contributed by atoms with Crippen molar-refractivity contribution in [2.75, 3.05) is 20.1 Å². The summed E-state index contributed by atoms with van der Waals surface area (Å²) in [6.07, 6.45) is 4.25. The van der Waals surface area contributed by atoms with Gasteiger partial charge in [0.15, 0.2) is 0 Å². The van der Waals surface area contributed by atoms with E-state index in [0.29, 0.717) is 43.6 Å². The number of carbonyl (C=O) groups excluding carboxylic acids is 2. The average molecular weight is 351 g/mol. The topological polar surface area (TPSA) is 77.5 Å². The van der Waals surface area contributed by atoms with Crippen molar-refractivity contribution in [3.63, 3.8) is 0 Å². The summed E-state index contributed by atoms with van der Waals surface area (Å²) >= 11 is 0. The Hall–Kier alpha value is -3.07. The van der Waals surface area contributed by atoms with E-state index in [1.165, 1.54) is 12.5 Å². The van der Waals surface area contributed by atoms with Gasteiger partial charge in [0, 0.05) is 32.6 Å². The normalized spacial score (nSPS) is 14.7. The first-order valence-corrected chi connectivity index (χ1v) is 8.64. The van der Waals surface area contributed by atoms with Crippen molar-refractivity contribution < 1.29 is 14.0 Å². The Bertz CT molecular complexity index is 815. The number of hydrogen-bond acceptors (Lipinski definition) is 4. The molecule has 2 heterocycles. The van der Waals surface area contributed by atoms with Gasteiger partial charge in [-0.2, -0.15) is 5.26 Å². The number of furan rings is 1. The molecule has 1 aliphatic rings. The fourth-order valence-electron chi connectivity index (χ4n) is 3.30. The van der Waals surface area contributed by atoms with Gasteiger partial charge in [-0.05, 0) is 36.6 Å². The molecule has 1 aliphatic heterocycles. The minimum atomic E-state index is -0.0763. The predicted molar refractivity (Wildman–Crippen MR) is 95.0 cm³/mol. The fraction of sp³-hybridized carbons (Fsp3) is 0.350. The standard InChI is InChI=1S/C20H21N3O3/c1-22(13-16-4-2-3-15(11-16)12-21)19(24)17-5-8-23(9-6-17)20(25)18-7-10-26-14-18/h2-4,7,10-11,14,17H,5-6,8-9,13H2,1H3. The maximum atomic E-state index is 12.7. The van der Waals surface area contributed by atoms with Crippen molar-refractivity contribution in [3.8, 4) is 6.07 Å².